The Labute approximate surface area is 146 Å². The van der Waals surface area contributed by atoms with E-state index in [9.17, 15) is 9.59 Å². The number of benzene rings is 1. The third-order valence-electron chi connectivity index (χ3n) is 4.19. The summed E-state index contributed by atoms with van der Waals surface area (Å²) in [5.41, 5.74) is 0.855. The monoisotopic (exact) mass is 345 g/mol. The van der Waals surface area contributed by atoms with Gasteiger partial charge in [0.05, 0.1) is 6.54 Å². The zero-order valence-corrected chi connectivity index (χ0v) is 14.5. The van der Waals surface area contributed by atoms with E-state index in [1.165, 1.54) is 4.90 Å². The van der Waals surface area contributed by atoms with Crippen molar-refractivity contribution in [2.24, 2.45) is 0 Å². The summed E-state index contributed by atoms with van der Waals surface area (Å²) in [5.74, 6) is 0.848. The molecule has 1 saturated heterocycles. The van der Waals surface area contributed by atoms with Gasteiger partial charge >= 0.3 is 12.1 Å². The molecule has 1 atom stereocenters. The van der Waals surface area contributed by atoms with Crippen LogP contribution in [0.2, 0.25) is 0 Å². The molecule has 2 heterocycles. The summed E-state index contributed by atoms with van der Waals surface area (Å²) >= 11 is 0. The zero-order valence-electron chi connectivity index (χ0n) is 14.5. The Balaban J connectivity index is 1.43. The molecule has 1 fully saturated rings. The maximum atomic E-state index is 12.2. The largest absolute Gasteiger partial charge is 0.461 e. The molecule has 3 rings (SSSR count). The van der Waals surface area contributed by atoms with Gasteiger partial charge < -0.3 is 24.3 Å². The molecule has 0 spiro atoms. The third-order valence-corrected chi connectivity index (χ3v) is 4.19. The molecule has 1 aliphatic heterocycles. The highest BCUT2D eigenvalue weighted by Crippen LogP contribution is 2.19. The molecule has 25 heavy (non-hydrogen) atoms. The van der Waals surface area contributed by atoms with Crippen LogP contribution in [-0.4, -0.2) is 61.8 Å². The molecule has 134 valence electrons. The van der Waals surface area contributed by atoms with Crippen LogP contribution in [0.3, 0.4) is 0 Å². The molecule has 1 aliphatic rings. The van der Waals surface area contributed by atoms with Crippen molar-refractivity contribution in [3.63, 3.8) is 0 Å². The van der Waals surface area contributed by atoms with Crippen LogP contribution in [0, 0.1) is 0 Å². The lowest BCUT2D eigenvalue weighted by molar-refractivity contribution is 0.0790. The minimum absolute atomic E-state index is 0.139. The van der Waals surface area contributed by atoms with Gasteiger partial charge in [0.25, 0.3) is 0 Å². The van der Waals surface area contributed by atoms with Crippen molar-refractivity contribution < 1.29 is 18.7 Å². The number of furan rings is 1. The number of nitrogens with zero attached hydrogens (tertiary/aromatic N) is 2. The van der Waals surface area contributed by atoms with E-state index in [0.29, 0.717) is 32.5 Å². The first-order valence-corrected chi connectivity index (χ1v) is 8.41. The van der Waals surface area contributed by atoms with E-state index < -0.39 is 0 Å². The van der Waals surface area contributed by atoms with Crippen molar-refractivity contribution >= 4 is 23.1 Å². The lowest BCUT2D eigenvalue weighted by Crippen LogP contribution is -2.40. The number of nitrogens with one attached hydrogen (secondary N) is 1. The van der Waals surface area contributed by atoms with Crippen LogP contribution in [0.5, 0.6) is 0 Å². The molecule has 1 N–H and O–H groups in total. The number of carbonyl (C=O) groups excluding carboxylic acids is 2. The molecular formula is C18H23N3O4. The number of carbonyl (C=O) groups is 2. The van der Waals surface area contributed by atoms with Gasteiger partial charge in [0, 0.05) is 45.4 Å². The molecule has 0 bridgehead atoms. The first-order chi connectivity index (χ1) is 12.0. The number of likely N-dealkylation sites (tertiary alicyclic amines) is 1. The summed E-state index contributed by atoms with van der Waals surface area (Å²) in [7, 11) is 3.28. The first-order valence-electron chi connectivity index (χ1n) is 8.41. The quantitative estimate of drug-likeness (QED) is 0.924. The second-order valence-corrected chi connectivity index (χ2v) is 6.37. The van der Waals surface area contributed by atoms with E-state index >= 15 is 0 Å². The lowest BCUT2D eigenvalue weighted by Gasteiger charge is -2.18. The number of rotatable bonds is 4. The van der Waals surface area contributed by atoms with Crippen molar-refractivity contribution in [2.45, 2.75) is 18.9 Å². The Bertz CT molecular complexity index is 723. The van der Waals surface area contributed by atoms with Crippen LogP contribution in [0.25, 0.3) is 11.0 Å². The fourth-order valence-corrected chi connectivity index (χ4v) is 2.82. The van der Waals surface area contributed by atoms with Crippen molar-refractivity contribution in [3.05, 3.63) is 36.1 Å². The number of para-hydroxylation sites is 1. The number of urea groups is 1. The molecule has 1 aromatic heterocycles. The van der Waals surface area contributed by atoms with E-state index in [2.05, 4.69) is 5.32 Å². The highest BCUT2D eigenvalue weighted by Gasteiger charge is 2.29. The second-order valence-electron chi connectivity index (χ2n) is 6.37. The average Bonchev–Trinajstić information content (AvgIpc) is 3.20. The van der Waals surface area contributed by atoms with E-state index in [1.54, 1.807) is 19.0 Å². The van der Waals surface area contributed by atoms with Gasteiger partial charge in [-0.25, -0.2) is 9.59 Å². The number of fused-ring (bicyclic) bond motifs is 1. The number of hydrogen-bond donors (Lipinski definition) is 1. The molecule has 7 nitrogen and oxygen atoms in total. The minimum Gasteiger partial charge on any atom is -0.461 e. The smallest absolute Gasteiger partial charge is 0.409 e. The Kier molecular flexibility index (Phi) is 5.11. The Morgan fingerprint density at radius 2 is 2.16 bits per heavy atom. The molecule has 0 saturated carbocycles. The first kappa shape index (κ1) is 17.1. The van der Waals surface area contributed by atoms with Crippen molar-refractivity contribution in [1.82, 2.24) is 15.1 Å². The fraction of sp³-hybridized carbons (Fsp3) is 0.444. The van der Waals surface area contributed by atoms with Crippen molar-refractivity contribution in [1.29, 1.82) is 0 Å². The summed E-state index contributed by atoms with van der Waals surface area (Å²) in [6.07, 6.45) is 0.678. The average molecular weight is 345 g/mol. The van der Waals surface area contributed by atoms with Crippen LogP contribution in [0.1, 0.15) is 12.2 Å². The van der Waals surface area contributed by atoms with E-state index in [1.807, 2.05) is 30.3 Å². The third kappa shape index (κ3) is 4.23. The molecule has 3 amide bonds. The van der Waals surface area contributed by atoms with Gasteiger partial charge in [-0.3, -0.25) is 0 Å². The molecular weight excluding hydrogens is 322 g/mol. The Morgan fingerprint density at radius 3 is 2.92 bits per heavy atom. The summed E-state index contributed by atoms with van der Waals surface area (Å²) in [5, 5.41) is 3.95. The van der Waals surface area contributed by atoms with E-state index in [0.717, 1.165) is 16.7 Å². The maximum Gasteiger partial charge on any atom is 0.409 e. The van der Waals surface area contributed by atoms with Crippen molar-refractivity contribution in [3.8, 4) is 0 Å². The normalized spacial score (nSPS) is 16.9. The predicted octanol–water partition coefficient (Wildman–Crippen LogP) is 2.46. The Morgan fingerprint density at radius 1 is 1.36 bits per heavy atom. The van der Waals surface area contributed by atoms with Crippen LogP contribution >= 0.6 is 0 Å². The molecule has 1 unspecified atom stereocenters. The molecule has 0 radical (unpaired) electrons. The number of hydrogen-bond acceptors (Lipinski definition) is 4. The number of ether oxygens (including phenoxy) is 1. The summed E-state index contributed by atoms with van der Waals surface area (Å²) in [6, 6.07) is 9.69. The summed E-state index contributed by atoms with van der Waals surface area (Å²) in [4.78, 5) is 26.8. The minimum atomic E-state index is -0.378. The molecule has 0 aliphatic carbocycles. The predicted molar refractivity (Wildman–Crippen MR) is 93.5 cm³/mol. The topological polar surface area (TPSA) is 75.0 Å². The van der Waals surface area contributed by atoms with E-state index in [-0.39, 0.29) is 18.2 Å². The zero-order chi connectivity index (χ0) is 17.8. The van der Waals surface area contributed by atoms with Gasteiger partial charge in [-0.15, -0.1) is 0 Å². The van der Waals surface area contributed by atoms with Crippen LogP contribution < -0.4 is 5.32 Å². The highest BCUT2D eigenvalue weighted by molar-refractivity contribution is 5.78. The maximum absolute atomic E-state index is 12.2. The van der Waals surface area contributed by atoms with Gasteiger partial charge in [-0.2, -0.15) is 0 Å². The fourth-order valence-electron chi connectivity index (χ4n) is 2.82. The van der Waals surface area contributed by atoms with Gasteiger partial charge in [-0.05, 0) is 12.1 Å². The van der Waals surface area contributed by atoms with Crippen molar-refractivity contribution in [2.75, 3.05) is 33.7 Å². The van der Waals surface area contributed by atoms with Gasteiger partial charge in [0.2, 0.25) is 0 Å². The summed E-state index contributed by atoms with van der Waals surface area (Å²) in [6.45, 7) is 1.51. The number of amides is 3. The second kappa shape index (κ2) is 7.46. The van der Waals surface area contributed by atoms with Gasteiger partial charge in [0.1, 0.15) is 17.4 Å². The summed E-state index contributed by atoms with van der Waals surface area (Å²) < 4.78 is 11.0. The van der Waals surface area contributed by atoms with Crippen LogP contribution in [0.4, 0.5) is 9.59 Å². The highest BCUT2D eigenvalue weighted by atomic mass is 16.6. The van der Waals surface area contributed by atoms with Gasteiger partial charge in [0.15, 0.2) is 0 Å². The SMILES string of the molecule is CN(C)C(=O)OC1CCN(C(=O)NCCc2cc3ccccc3o2)C1. The molecule has 2 aromatic rings. The molecule has 1 aromatic carbocycles. The van der Waals surface area contributed by atoms with Crippen LogP contribution in [-0.2, 0) is 11.2 Å². The van der Waals surface area contributed by atoms with E-state index in [4.69, 9.17) is 9.15 Å². The Hall–Kier alpha value is -2.70. The standard InChI is InChI=1S/C18H23N3O4/c1-20(2)18(23)25-15-8-10-21(12-15)17(22)19-9-7-14-11-13-5-3-4-6-16(13)24-14/h3-6,11,15H,7-10,12H2,1-2H3,(H,19,22). The lowest BCUT2D eigenvalue weighted by atomic mass is 10.2. The van der Waals surface area contributed by atoms with Crippen LogP contribution in [0.15, 0.2) is 34.7 Å². The molecule has 7 heteroatoms. The van der Waals surface area contributed by atoms with Gasteiger partial charge in [-0.1, -0.05) is 18.2 Å².